The maximum atomic E-state index is 11.7. The Morgan fingerprint density at radius 1 is 1.11 bits per heavy atom. The molecule has 7 heteroatoms. The van der Waals surface area contributed by atoms with Gasteiger partial charge in [-0.1, -0.05) is 12.1 Å². The predicted molar refractivity (Wildman–Crippen MR) is 63.5 cm³/mol. The average Bonchev–Trinajstić information content (AvgIpc) is 2.37. The summed E-state index contributed by atoms with van der Waals surface area (Å²) < 4.78 is 0. The van der Waals surface area contributed by atoms with Gasteiger partial charge < -0.3 is 20.6 Å². The molecule has 0 fully saturated rings. The van der Waals surface area contributed by atoms with E-state index in [1.165, 1.54) is 24.3 Å². The lowest BCUT2D eigenvalue weighted by atomic mass is 10.1. The summed E-state index contributed by atoms with van der Waals surface area (Å²) in [6.07, 6.45) is -0.699. The topological polar surface area (TPSA) is 124 Å². The molecule has 1 rings (SSSR count). The van der Waals surface area contributed by atoms with Crippen molar-refractivity contribution < 1.29 is 29.7 Å². The Balaban J connectivity index is 2.75. The van der Waals surface area contributed by atoms with Crippen LogP contribution in [0, 0.1) is 0 Å². The van der Waals surface area contributed by atoms with E-state index in [4.69, 9.17) is 15.3 Å². The number of rotatable bonds is 6. The van der Waals surface area contributed by atoms with E-state index in [0.29, 0.717) is 5.56 Å². The molecule has 0 unspecified atom stereocenters. The zero-order valence-electron chi connectivity index (χ0n) is 9.87. The lowest BCUT2D eigenvalue weighted by Gasteiger charge is -2.12. The SMILES string of the molecule is O=C(O)C[C@H](NC(=O)c1ccc(CO)cc1)C(=O)O. The molecule has 1 aromatic carbocycles. The van der Waals surface area contributed by atoms with Crippen LogP contribution >= 0.6 is 0 Å². The Kier molecular flexibility index (Phi) is 5.01. The summed E-state index contributed by atoms with van der Waals surface area (Å²) in [5.74, 6) is -3.41. The molecule has 1 atom stereocenters. The van der Waals surface area contributed by atoms with Gasteiger partial charge in [0, 0.05) is 5.56 Å². The number of aliphatic carboxylic acids is 2. The van der Waals surface area contributed by atoms with E-state index in [1.807, 2.05) is 0 Å². The van der Waals surface area contributed by atoms with Crippen LogP contribution in [0.2, 0.25) is 0 Å². The van der Waals surface area contributed by atoms with E-state index in [2.05, 4.69) is 5.32 Å². The van der Waals surface area contributed by atoms with Gasteiger partial charge in [-0.2, -0.15) is 0 Å². The standard InChI is InChI=1S/C12H13NO6/c14-6-7-1-3-8(4-2-7)11(17)13-9(12(18)19)5-10(15)16/h1-4,9,14H,5-6H2,(H,13,17)(H,15,16)(H,18,19)/t9-/m0/s1. The smallest absolute Gasteiger partial charge is 0.326 e. The van der Waals surface area contributed by atoms with Gasteiger partial charge in [0.25, 0.3) is 5.91 Å². The van der Waals surface area contributed by atoms with Crippen molar-refractivity contribution in [3.8, 4) is 0 Å². The van der Waals surface area contributed by atoms with E-state index >= 15 is 0 Å². The molecule has 0 spiro atoms. The minimum atomic E-state index is -1.48. The first-order chi connectivity index (χ1) is 8.93. The Morgan fingerprint density at radius 2 is 1.68 bits per heavy atom. The van der Waals surface area contributed by atoms with Crippen molar-refractivity contribution in [1.29, 1.82) is 0 Å². The molecule has 0 radical (unpaired) electrons. The fraction of sp³-hybridized carbons (Fsp3) is 0.250. The van der Waals surface area contributed by atoms with Crippen LogP contribution in [0.1, 0.15) is 22.3 Å². The van der Waals surface area contributed by atoms with Gasteiger partial charge in [0.1, 0.15) is 6.04 Å². The quantitative estimate of drug-likeness (QED) is 0.567. The molecule has 1 aromatic rings. The highest BCUT2D eigenvalue weighted by Gasteiger charge is 2.23. The third-order valence-corrected chi connectivity index (χ3v) is 2.38. The van der Waals surface area contributed by atoms with Crippen LogP contribution in [0.4, 0.5) is 0 Å². The lowest BCUT2D eigenvalue weighted by Crippen LogP contribution is -2.42. The van der Waals surface area contributed by atoms with Crippen molar-refractivity contribution in [3.63, 3.8) is 0 Å². The number of aliphatic hydroxyl groups excluding tert-OH is 1. The molecule has 7 nitrogen and oxygen atoms in total. The summed E-state index contributed by atoms with van der Waals surface area (Å²) >= 11 is 0. The lowest BCUT2D eigenvalue weighted by molar-refractivity contribution is -0.145. The fourth-order valence-corrected chi connectivity index (χ4v) is 1.38. The Bertz CT molecular complexity index is 481. The molecule has 0 bridgehead atoms. The molecule has 1 amide bonds. The molecule has 0 saturated carbocycles. The number of hydrogen-bond acceptors (Lipinski definition) is 4. The van der Waals surface area contributed by atoms with E-state index < -0.39 is 30.3 Å². The van der Waals surface area contributed by atoms with Gasteiger partial charge in [-0.15, -0.1) is 0 Å². The largest absolute Gasteiger partial charge is 0.481 e. The fourth-order valence-electron chi connectivity index (χ4n) is 1.38. The minimum absolute atomic E-state index is 0.168. The first-order valence-corrected chi connectivity index (χ1v) is 5.39. The second-order valence-electron chi connectivity index (χ2n) is 3.82. The summed E-state index contributed by atoms with van der Waals surface area (Å²) in [4.78, 5) is 33.0. The molecule has 0 saturated heterocycles. The number of nitrogens with one attached hydrogen (secondary N) is 1. The van der Waals surface area contributed by atoms with Crippen LogP contribution < -0.4 is 5.32 Å². The monoisotopic (exact) mass is 267 g/mol. The molecule has 0 aromatic heterocycles. The maximum Gasteiger partial charge on any atom is 0.326 e. The van der Waals surface area contributed by atoms with Gasteiger partial charge in [-0.25, -0.2) is 4.79 Å². The summed E-state index contributed by atoms with van der Waals surface area (Å²) in [7, 11) is 0. The Morgan fingerprint density at radius 3 is 2.11 bits per heavy atom. The van der Waals surface area contributed by atoms with Crippen molar-refractivity contribution in [3.05, 3.63) is 35.4 Å². The van der Waals surface area contributed by atoms with E-state index in [-0.39, 0.29) is 12.2 Å². The Hall–Kier alpha value is -2.41. The number of carboxylic acid groups (broad SMARTS) is 2. The van der Waals surface area contributed by atoms with Crippen molar-refractivity contribution in [2.75, 3.05) is 0 Å². The zero-order chi connectivity index (χ0) is 14.4. The third-order valence-electron chi connectivity index (χ3n) is 2.38. The predicted octanol–water partition coefficient (Wildman–Crippen LogP) is -0.163. The number of benzene rings is 1. The van der Waals surface area contributed by atoms with Crippen molar-refractivity contribution in [2.45, 2.75) is 19.1 Å². The minimum Gasteiger partial charge on any atom is -0.481 e. The molecule has 0 aliphatic heterocycles. The number of carbonyl (C=O) groups excluding carboxylic acids is 1. The first-order valence-electron chi connectivity index (χ1n) is 5.39. The maximum absolute atomic E-state index is 11.7. The van der Waals surface area contributed by atoms with Crippen molar-refractivity contribution >= 4 is 17.8 Å². The summed E-state index contributed by atoms with van der Waals surface area (Å²) in [6, 6.07) is 4.38. The van der Waals surface area contributed by atoms with Crippen LogP contribution in [0.5, 0.6) is 0 Å². The van der Waals surface area contributed by atoms with Gasteiger partial charge in [-0.05, 0) is 17.7 Å². The molecule has 0 aliphatic carbocycles. The average molecular weight is 267 g/mol. The van der Waals surface area contributed by atoms with Gasteiger partial charge in [0.2, 0.25) is 0 Å². The number of hydrogen-bond donors (Lipinski definition) is 4. The van der Waals surface area contributed by atoms with Crippen LogP contribution in [0.25, 0.3) is 0 Å². The molecule has 102 valence electrons. The summed E-state index contributed by atoms with van der Waals surface area (Å²) in [5, 5.41) is 28.3. The highest BCUT2D eigenvalue weighted by atomic mass is 16.4. The summed E-state index contributed by atoms with van der Waals surface area (Å²) in [5.41, 5.74) is 0.797. The normalized spacial score (nSPS) is 11.6. The van der Waals surface area contributed by atoms with Crippen LogP contribution in [-0.4, -0.2) is 39.2 Å². The van der Waals surface area contributed by atoms with Gasteiger partial charge in [0.05, 0.1) is 13.0 Å². The highest BCUT2D eigenvalue weighted by Crippen LogP contribution is 2.05. The van der Waals surface area contributed by atoms with Gasteiger partial charge in [-0.3, -0.25) is 9.59 Å². The van der Waals surface area contributed by atoms with Gasteiger partial charge >= 0.3 is 11.9 Å². The van der Waals surface area contributed by atoms with Crippen molar-refractivity contribution in [2.24, 2.45) is 0 Å². The van der Waals surface area contributed by atoms with Crippen molar-refractivity contribution in [1.82, 2.24) is 5.32 Å². The van der Waals surface area contributed by atoms with Crippen LogP contribution in [-0.2, 0) is 16.2 Å². The van der Waals surface area contributed by atoms with Crippen LogP contribution in [0.3, 0.4) is 0 Å². The zero-order valence-corrected chi connectivity index (χ0v) is 9.87. The summed E-state index contributed by atoms with van der Waals surface area (Å²) in [6.45, 7) is -0.168. The third kappa shape index (κ3) is 4.40. The molecular weight excluding hydrogens is 254 g/mol. The molecular formula is C12H13NO6. The number of aliphatic hydroxyl groups is 1. The van der Waals surface area contributed by atoms with E-state index in [9.17, 15) is 14.4 Å². The van der Waals surface area contributed by atoms with E-state index in [0.717, 1.165) is 0 Å². The Labute approximate surface area is 108 Å². The van der Waals surface area contributed by atoms with Gasteiger partial charge in [0.15, 0.2) is 0 Å². The number of carbonyl (C=O) groups is 3. The molecule has 19 heavy (non-hydrogen) atoms. The molecule has 4 N–H and O–H groups in total. The second-order valence-corrected chi connectivity index (χ2v) is 3.82. The molecule has 0 heterocycles. The first kappa shape index (κ1) is 14.7. The number of carboxylic acids is 2. The van der Waals surface area contributed by atoms with Crippen LogP contribution in [0.15, 0.2) is 24.3 Å². The van der Waals surface area contributed by atoms with E-state index in [1.54, 1.807) is 0 Å². The molecule has 0 aliphatic rings. The number of amides is 1. The highest BCUT2D eigenvalue weighted by molar-refractivity contribution is 5.97. The second kappa shape index (κ2) is 6.50.